The average molecular weight is 288 g/mol. The molecule has 5 heteroatoms. The van der Waals surface area contributed by atoms with Crippen LogP contribution in [0.3, 0.4) is 0 Å². The summed E-state index contributed by atoms with van der Waals surface area (Å²) in [5.41, 5.74) is 4.31. The molecule has 0 saturated heterocycles. The quantitative estimate of drug-likeness (QED) is 0.667. The normalized spacial score (nSPS) is 16.6. The van der Waals surface area contributed by atoms with E-state index in [0.29, 0.717) is 18.6 Å². The third-order valence-electron chi connectivity index (χ3n) is 2.81. The summed E-state index contributed by atoms with van der Waals surface area (Å²) in [5.74, 6) is 0.419. The van der Waals surface area contributed by atoms with Crippen LogP contribution in [0.15, 0.2) is 53.0 Å². The van der Waals surface area contributed by atoms with Gasteiger partial charge in [-0.05, 0) is 53.2 Å². The Morgan fingerprint density at radius 1 is 1.30 bits per heavy atom. The van der Waals surface area contributed by atoms with Crippen molar-refractivity contribution in [3.8, 4) is 0 Å². The van der Waals surface area contributed by atoms with Crippen LogP contribution in [-0.4, -0.2) is 21.9 Å². The van der Waals surface area contributed by atoms with Crippen molar-refractivity contribution in [1.29, 1.82) is 0 Å². The summed E-state index contributed by atoms with van der Waals surface area (Å²) >= 11 is -1.02. The van der Waals surface area contributed by atoms with Gasteiger partial charge in [-0.3, -0.25) is 4.79 Å². The Morgan fingerprint density at radius 3 is 2.65 bits per heavy atom. The van der Waals surface area contributed by atoms with Crippen molar-refractivity contribution in [3.63, 3.8) is 0 Å². The number of rotatable bonds is 5. The Bertz CT molecular complexity index is 549. The van der Waals surface area contributed by atoms with E-state index in [1.54, 1.807) is 6.08 Å². The van der Waals surface area contributed by atoms with Gasteiger partial charge in [-0.25, -0.2) is 5.43 Å². The van der Waals surface area contributed by atoms with Crippen molar-refractivity contribution < 1.29 is 9.35 Å². The van der Waals surface area contributed by atoms with Crippen LogP contribution in [0.4, 0.5) is 0 Å². The van der Waals surface area contributed by atoms with Gasteiger partial charge >= 0.3 is 0 Å². The van der Waals surface area contributed by atoms with Gasteiger partial charge in [0.2, 0.25) is 5.91 Å². The maximum Gasteiger partial charge on any atom is 0.240 e. The molecule has 1 amide bonds. The molecule has 1 N–H and O–H groups in total. The molecule has 0 saturated carbocycles. The van der Waals surface area contributed by atoms with Crippen LogP contribution in [0.2, 0.25) is 0 Å². The van der Waals surface area contributed by atoms with Gasteiger partial charge in [0.05, 0.1) is 5.71 Å². The lowest BCUT2D eigenvalue weighted by atomic mass is 10.1. The smallest absolute Gasteiger partial charge is 0.240 e. The van der Waals surface area contributed by atoms with Crippen LogP contribution in [0.25, 0.3) is 6.08 Å². The third kappa shape index (κ3) is 4.08. The highest BCUT2D eigenvalue weighted by molar-refractivity contribution is 7.91. The van der Waals surface area contributed by atoms with Crippen LogP contribution in [0.5, 0.6) is 0 Å². The summed E-state index contributed by atoms with van der Waals surface area (Å²) in [6.45, 7) is 3.58. The minimum atomic E-state index is -1.02. The van der Waals surface area contributed by atoms with E-state index in [0.717, 1.165) is 16.2 Å². The monoisotopic (exact) mass is 288 g/mol. The van der Waals surface area contributed by atoms with Gasteiger partial charge in [0.15, 0.2) is 4.90 Å². The highest BCUT2D eigenvalue weighted by Gasteiger charge is 2.09. The molecule has 104 valence electrons. The van der Waals surface area contributed by atoms with Gasteiger partial charge in [-0.2, -0.15) is 5.10 Å². The first-order chi connectivity index (χ1) is 9.69. The predicted octanol–water partition coefficient (Wildman–Crippen LogP) is 2.26. The van der Waals surface area contributed by atoms with E-state index in [4.69, 9.17) is 0 Å². The van der Waals surface area contributed by atoms with Crippen molar-refractivity contribution in [3.05, 3.63) is 48.6 Å². The average Bonchev–Trinajstić information content (AvgIpc) is 2.47. The molecule has 0 fully saturated rings. The van der Waals surface area contributed by atoms with E-state index in [9.17, 15) is 9.35 Å². The number of carbonyl (C=O) groups is 1. The number of nitrogens with one attached hydrogen (secondary N) is 1. The van der Waals surface area contributed by atoms with Gasteiger partial charge in [0.1, 0.15) is 5.75 Å². The molecule has 0 aromatic heterocycles. The van der Waals surface area contributed by atoms with Crippen LogP contribution >= 0.6 is 0 Å². The molecule has 1 aromatic carbocycles. The zero-order chi connectivity index (χ0) is 14.4. The molecule has 0 radical (unpaired) electrons. The lowest BCUT2D eigenvalue weighted by Gasteiger charge is -2.09. The van der Waals surface area contributed by atoms with Gasteiger partial charge < -0.3 is 4.55 Å². The van der Waals surface area contributed by atoms with Crippen molar-refractivity contribution in [2.24, 2.45) is 5.10 Å². The van der Waals surface area contributed by atoms with Gasteiger partial charge in [0, 0.05) is 12.8 Å². The second-order valence-electron chi connectivity index (χ2n) is 4.34. The number of amides is 1. The Kier molecular flexibility index (Phi) is 5.15. The Morgan fingerprint density at radius 2 is 2.05 bits per heavy atom. The fraction of sp³-hybridized carbons (Fsp3) is 0.200. The summed E-state index contributed by atoms with van der Waals surface area (Å²) in [6, 6.07) is 7.52. The van der Waals surface area contributed by atoms with Gasteiger partial charge in [-0.1, -0.05) is 12.7 Å². The zero-order valence-electron chi connectivity index (χ0n) is 11.0. The highest BCUT2D eigenvalue weighted by atomic mass is 32.2. The highest BCUT2D eigenvalue weighted by Crippen LogP contribution is 2.14. The predicted molar refractivity (Wildman–Crippen MR) is 81.8 cm³/mol. The molecular formula is C15H16N2O2S. The van der Waals surface area contributed by atoms with E-state index < -0.39 is 11.2 Å². The summed E-state index contributed by atoms with van der Waals surface area (Å²) < 4.78 is 11.8. The zero-order valence-corrected chi connectivity index (χ0v) is 11.9. The van der Waals surface area contributed by atoms with E-state index in [1.165, 1.54) is 0 Å². The molecule has 0 bridgehead atoms. The van der Waals surface area contributed by atoms with Crippen molar-refractivity contribution in [2.75, 3.05) is 5.75 Å². The number of nitrogens with zero attached hydrogens (tertiary/aromatic N) is 1. The van der Waals surface area contributed by atoms with E-state index in [2.05, 4.69) is 17.1 Å². The van der Waals surface area contributed by atoms with E-state index in [1.807, 2.05) is 36.4 Å². The molecule has 2 rings (SSSR count). The minimum Gasteiger partial charge on any atom is -0.611 e. The van der Waals surface area contributed by atoms with Crippen LogP contribution < -0.4 is 5.43 Å². The number of allylic oxidation sites excluding steroid dienone is 1. The maximum absolute atomic E-state index is 11.8. The largest absolute Gasteiger partial charge is 0.611 e. The topological polar surface area (TPSA) is 64.5 Å². The Hall–Kier alpha value is -1.85. The number of hydrogen-bond donors (Lipinski definition) is 1. The second kappa shape index (κ2) is 7.07. The second-order valence-corrected chi connectivity index (χ2v) is 5.84. The number of carbonyl (C=O) groups excluding carboxylic acids is 1. The fourth-order valence-corrected chi connectivity index (χ4v) is 2.58. The van der Waals surface area contributed by atoms with Crippen molar-refractivity contribution in [2.45, 2.75) is 17.7 Å². The van der Waals surface area contributed by atoms with Gasteiger partial charge in [0.25, 0.3) is 0 Å². The number of hydrazone groups is 1. The first kappa shape index (κ1) is 14.6. The third-order valence-corrected chi connectivity index (χ3v) is 4.15. The molecule has 20 heavy (non-hydrogen) atoms. The summed E-state index contributed by atoms with van der Waals surface area (Å²) in [7, 11) is 0. The molecule has 1 aliphatic rings. The minimum absolute atomic E-state index is 0.0452. The lowest BCUT2D eigenvalue weighted by Crippen LogP contribution is -2.24. The van der Waals surface area contributed by atoms with Crippen molar-refractivity contribution >= 4 is 28.9 Å². The first-order valence-electron chi connectivity index (χ1n) is 6.32. The van der Waals surface area contributed by atoms with Crippen molar-refractivity contribution in [1.82, 2.24) is 5.43 Å². The molecule has 0 aliphatic carbocycles. The van der Waals surface area contributed by atoms with Gasteiger partial charge in [-0.15, -0.1) is 0 Å². The molecular weight excluding hydrogens is 272 g/mol. The standard InChI is InChI=1S/C15H16N2O2S/c1-2-11-20(19)14-8-4-12(5-9-14)3-6-13-7-10-15(18)17-16-13/h2-6,8-9H,1,7,10-11H2,(H,17,18). The SMILES string of the molecule is C=CC[S+]([O-])c1ccc(C=CC2=NNC(=O)CC2)cc1. The van der Waals surface area contributed by atoms with Crippen LogP contribution in [0.1, 0.15) is 18.4 Å². The lowest BCUT2D eigenvalue weighted by molar-refractivity contribution is -0.121. The van der Waals surface area contributed by atoms with Crippen LogP contribution in [-0.2, 0) is 16.0 Å². The molecule has 1 aromatic rings. The molecule has 1 atom stereocenters. The Labute approximate surface area is 121 Å². The molecule has 1 aliphatic heterocycles. The van der Waals surface area contributed by atoms with Crippen LogP contribution in [0, 0.1) is 0 Å². The van der Waals surface area contributed by atoms with E-state index in [-0.39, 0.29) is 5.91 Å². The molecule has 1 unspecified atom stereocenters. The van der Waals surface area contributed by atoms with E-state index >= 15 is 0 Å². The fourth-order valence-electron chi connectivity index (χ4n) is 1.73. The molecule has 4 nitrogen and oxygen atoms in total. The number of hydrogen-bond acceptors (Lipinski definition) is 3. The Balaban J connectivity index is 2.00. The first-order valence-corrected chi connectivity index (χ1v) is 7.64. The summed E-state index contributed by atoms with van der Waals surface area (Å²) in [5, 5.41) is 3.97. The number of benzene rings is 1. The molecule has 1 heterocycles. The maximum atomic E-state index is 11.8. The summed E-state index contributed by atoms with van der Waals surface area (Å²) in [4.78, 5) is 11.8. The summed E-state index contributed by atoms with van der Waals surface area (Å²) in [6.07, 6.45) is 6.59. The molecule has 0 spiro atoms.